The van der Waals surface area contributed by atoms with Crippen LogP contribution in [0.2, 0.25) is 0 Å². The molecular formula is C21H22N4O5. The Kier molecular flexibility index (Phi) is 5.03. The van der Waals surface area contributed by atoms with Crippen molar-refractivity contribution in [3.05, 3.63) is 70.3 Å². The molecule has 1 N–H and O–H groups in total. The minimum absolute atomic E-state index is 0.00919. The summed E-state index contributed by atoms with van der Waals surface area (Å²) >= 11 is 0. The molecule has 30 heavy (non-hydrogen) atoms. The van der Waals surface area contributed by atoms with E-state index in [0.29, 0.717) is 39.1 Å². The lowest BCUT2D eigenvalue weighted by Crippen LogP contribution is -2.57. The molecule has 0 radical (unpaired) electrons. The van der Waals surface area contributed by atoms with E-state index in [1.807, 2.05) is 30.3 Å². The summed E-state index contributed by atoms with van der Waals surface area (Å²) < 4.78 is 0. The Morgan fingerprint density at radius 2 is 1.70 bits per heavy atom. The van der Waals surface area contributed by atoms with E-state index in [-0.39, 0.29) is 11.6 Å². The van der Waals surface area contributed by atoms with Gasteiger partial charge in [0.2, 0.25) is 5.91 Å². The van der Waals surface area contributed by atoms with Crippen molar-refractivity contribution in [2.75, 3.05) is 24.7 Å². The number of carbonyl (C=O) groups is 2. The summed E-state index contributed by atoms with van der Waals surface area (Å²) in [5.74, 6) is -0.0326. The van der Waals surface area contributed by atoms with Gasteiger partial charge < -0.3 is 19.8 Å². The largest absolute Gasteiger partial charge is 0.465 e. The Labute approximate surface area is 173 Å². The Morgan fingerprint density at radius 3 is 2.27 bits per heavy atom. The fraction of sp³-hybridized carbons (Fsp3) is 0.333. The van der Waals surface area contributed by atoms with E-state index in [1.165, 1.54) is 17.0 Å². The van der Waals surface area contributed by atoms with Crippen molar-refractivity contribution in [1.29, 1.82) is 0 Å². The van der Waals surface area contributed by atoms with Crippen molar-refractivity contribution in [2.45, 2.75) is 24.9 Å². The van der Waals surface area contributed by atoms with Crippen molar-refractivity contribution in [3.8, 4) is 0 Å². The molecule has 2 aromatic carbocycles. The third-order valence-electron chi connectivity index (χ3n) is 5.96. The maximum atomic E-state index is 13.5. The zero-order valence-corrected chi connectivity index (χ0v) is 16.3. The molecule has 0 saturated carbocycles. The topological polar surface area (TPSA) is 107 Å². The summed E-state index contributed by atoms with van der Waals surface area (Å²) in [4.78, 5) is 40.5. The van der Waals surface area contributed by atoms with E-state index in [0.717, 1.165) is 11.3 Å². The highest BCUT2D eigenvalue weighted by Gasteiger charge is 2.54. The van der Waals surface area contributed by atoms with E-state index in [1.54, 1.807) is 17.0 Å². The third-order valence-corrected chi connectivity index (χ3v) is 5.96. The lowest BCUT2D eigenvalue weighted by Gasteiger charge is -2.42. The zero-order valence-electron chi connectivity index (χ0n) is 16.3. The molecule has 9 nitrogen and oxygen atoms in total. The molecule has 2 aliphatic rings. The van der Waals surface area contributed by atoms with Gasteiger partial charge in [-0.3, -0.25) is 14.9 Å². The molecule has 2 fully saturated rings. The smallest absolute Gasteiger partial charge is 0.407 e. The number of likely N-dealkylation sites (tertiary alicyclic amines) is 1. The number of nitro benzene ring substituents is 1. The lowest BCUT2D eigenvalue weighted by atomic mass is 9.85. The van der Waals surface area contributed by atoms with Gasteiger partial charge in [0, 0.05) is 37.5 Å². The molecule has 2 aliphatic heterocycles. The van der Waals surface area contributed by atoms with Crippen LogP contribution in [0.1, 0.15) is 18.4 Å². The van der Waals surface area contributed by atoms with E-state index >= 15 is 0 Å². The molecule has 2 amide bonds. The van der Waals surface area contributed by atoms with Gasteiger partial charge in [-0.1, -0.05) is 30.3 Å². The third kappa shape index (κ3) is 3.42. The normalized spacial score (nSPS) is 18.1. The molecule has 0 aromatic heterocycles. The number of hydrogen-bond donors (Lipinski definition) is 1. The molecule has 2 saturated heterocycles. The first kappa shape index (κ1) is 19.7. The maximum Gasteiger partial charge on any atom is 0.407 e. The standard InChI is InChI=1S/C21H22N4O5/c26-19-21(10-12-22(13-11-21)20(27)28)24(17-4-2-1-3-5-17)15-23(19)14-16-6-8-18(9-7-16)25(29)30/h1-9H,10-15H2,(H,27,28). The summed E-state index contributed by atoms with van der Waals surface area (Å²) in [6.07, 6.45) is -0.127. The van der Waals surface area contributed by atoms with Crippen molar-refractivity contribution in [3.63, 3.8) is 0 Å². The zero-order chi connectivity index (χ0) is 21.3. The first-order chi connectivity index (χ1) is 14.4. The van der Waals surface area contributed by atoms with Gasteiger partial charge in [-0.25, -0.2) is 4.79 Å². The minimum atomic E-state index is -0.968. The average Bonchev–Trinajstić information content (AvgIpc) is 3.01. The molecular weight excluding hydrogens is 388 g/mol. The molecule has 0 atom stereocenters. The van der Waals surface area contributed by atoms with Gasteiger partial charge in [-0.05, 0) is 30.5 Å². The number of amides is 2. The number of benzene rings is 2. The van der Waals surface area contributed by atoms with Crippen LogP contribution in [-0.4, -0.2) is 57.1 Å². The van der Waals surface area contributed by atoms with Crippen LogP contribution in [0.25, 0.3) is 0 Å². The van der Waals surface area contributed by atoms with Crippen molar-refractivity contribution in [1.82, 2.24) is 9.80 Å². The van der Waals surface area contributed by atoms with Crippen molar-refractivity contribution in [2.24, 2.45) is 0 Å². The number of rotatable bonds is 4. The van der Waals surface area contributed by atoms with E-state index < -0.39 is 16.6 Å². The van der Waals surface area contributed by atoms with E-state index in [9.17, 15) is 24.8 Å². The predicted molar refractivity (Wildman–Crippen MR) is 109 cm³/mol. The van der Waals surface area contributed by atoms with Crippen LogP contribution < -0.4 is 4.90 Å². The van der Waals surface area contributed by atoms with Crippen molar-refractivity contribution < 1.29 is 19.6 Å². The van der Waals surface area contributed by atoms with E-state index in [2.05, 4.69) is 4.90 Å². The Bertz CT molecular complexity index is 955. The van der Waals surface area contributed by atoms with Gasteiger partial charge in [-0.15, -0.1) is 0 Å². The minimum Gasteiger partial charge on any atom is -0.465 e. The highest BCUT2D eigenvalue weighted by molar-refractivity contribution is 5.93. The highest BCUT2D eigenvalue weighted by Crippen LogP contribution is 2.40. The number of carbonyl (C=O) groups excluding carboxylic acids is 1. The van der Waals surface area contributed by atoms with Gasteiger partial charge in [0.05, 0.1) is 11.6 Å². The van der Waals surface area contributed by atoms with Gasteiger partial charge >= 0.3 is 6.09 Å². The van der Waals surface area contributed by atoms with Gasteiger partial charge in [-0.2, -0.15) is 0 Å². The number of para-hydroxylation sites is 1. The molecule has 0 bridgehead atoms. The lowest BCUT2D eigenvalue weighted by molar-refractivity contribution is -0.384. The molecule has 4 rings (SSSR count). The monoisotopic (exact) mass is 410 g/mol. The quantitative estimate of drug-likeness (QED) is 0.613. The summed E-state index contributed by atoms with van der Waals surface area (Å²) in [5, 5.41) is 20.2. The number of carboxylic acid groups (broad SMARTS) is 1. The molecule has 9 heteroatoms. The first-order valence-electron chi connectivity index (χ1n) is 9.74. The van der Waals surface area contributed by atoms with Crippen LogP contribution in [-0.2, 0) is 11.3 Å². The van der Waals surface area contributed by atoms with Gasteiger partial charge in [0.15, 0.2) is 0 Å². The Morgan fingerprint density at radius 1 is 1.07 bits per heavy atom. The Hall–Kier alpha value is -3.62. The fourth-order valence-electron chi connectivity index (χ4n) is 4.33. The number of piperidine rings is 1. The molecule has 156 valence electrons. The second-order valence-electron chi connectivity index (χ2n) is 7.63. The second kappa shape index (κ2) is 7.66. The highest BCUT2D eigenvalue weighted by atomic mass is 16.6. The average molecular weight is 410 g/mol. The summed E-state index contributed by atoms with van der Waals surface area (Å²) in [7, 11) is 0. The number of non-ortho nitro benzene ring substituents is 1. The van der Waals surface area contributed by atoms with E-state index in [4.69, 9.17) is 0 Å². The Balaban J connectivity index is 1.60. The SMILES string of the molecule is O=C(O)N1CCC2(CC1)C(=O)N(Cc1ccc([N+](=O)[O-])cc1)CN2c1ccccc1. The predicted octanol–water partition coefficient (Wildman–Crippen LogP) is 2.91. The summed E-state index contributed by atoms with van der Waals surface area (Å²) in [6.45, 7) is 1.32. The van der Waals surface area contributed by atoms with Crippen LogP contribution in [0.15, 0.2) is 54.6 Å². The number of anilines is 1. The fourth-order valence-corrected chi connectivity index (χ4v) is 4.33. The molecule has 2 aromatic rings. The van der Waals surface area contributed by atoms with Crippen LogP contribution in [0.5, 0.6) is 0 Å². The van der Waals surface area contributed by atoms with Gasteiger partial charge in [0.25, 0.3) is 5.69 Å². The maximum absolute atomic E-state index is 13.5. The van der Waals surface area contributed by atoms with Crippen LogP contribution in [0.3, 0.4) is 0 Å². The molecule has 0 unspecified atom stereocenters. The number of hydrogen-bond acceptors (Lipinski definition) is 5. The molecule has 1 spiro atoms. The molecule has 0 aliphatic carbocycles. The molecule has 2 heterocycles. The van der Waals surface area contributed by atoms with Crippen LogP contribution >= 0.6 is 0 Å². The summed E-state index contributed by atoms with van der Waals surface area (Å²) in [5.41, 5.74) is 0.950. The first-order valence-corrected chi connectivity index (χ1v) is 9.74. The van der Waals surface area contributed by atoms with Crippen LogP contribution in [0, 0.1) is 10.1 Å². The van der Waals surface area contributed by atoms with Gasteiger partial charge in [0.1, 0.15) is 5.54 Å². The van der Waals surface area contributed by atoms with Crippen molar-refractivity contribution >= 4 is 23.4 Å². The summed E-state index contributed by atoms with van der Waals surface area (Å²) in [6, 6.07) is 15.8. The second-order valence-corrected chi connectivity index (χ2v) is 7.63. The number of nitrogens with zero attached hydrogens (tertiary/aromatic N) is 4. The number of nitro groups is 1. The van der Waals surface area contributed by atoms with Crippen LogP contribution in [0.4, 0.5) is 16.2 Å².